The van der Waals surface area contributed by atoms with Gasteiger partial charge in [-0.25, -0.2) is 23.4 Å². The Morgan fingerprint density at radius 1 is 1.25 bits per heavy atom. The van der Waals surface area contributed by atoms with Crippen molar-refractivity contribution < 1.29 is 23.1 Å². The molecule has 0 fully saturated rings. The molecule has 1 aromatic heterocycles. The zero-order chi connectivity index (χ0) is 22.7. The largest absolute Gasteiger partial charge is 0.467 e. The van der Waals surface area contributed by atoms with Crippen molar-refractivity contribution in [3.63, 3.8) is 0 Å². The van der Waals surface area contributed by atoms with Gasteiger partial charge in [0.05, 0.1) is 19.1 Å². The first-order valence-electron chi connectivity index (χ1n) is 10.1. The Balaban J connectivity index is 1.63. The van der Waals surface area contributed by atoms with Crippen LogP contribution in [0, 0.1) is 11.6 Å². The van der Waals surface area contributed by atoms with Crippen LogP contribution in [0.5, 0.6) is 0 Å². The van der Waals surface area contributed by atoms with Crippen molar-refractivity contribution >= 4 is 12.0 Å². The van der Waals surface area contributed by atoms with Crippen LogP contribution in [0.4, 0.5) is 13.6 Å². The monoisotopic (exact) mass is 440 g/mol. The lowest BCUT2D eigenvalue weighted by Crippen LogP contribution is -2.52. The predicted octanol–water partition coefficient (Wildman–Crippen LogP) is 3.13. The topological polar surface area (TPSA) is 87.3 Å². The van der Waals surface area contributed by atoms with Gasteiger partial charge in [0.2, 0.25) is 0 Å². The van der Waals surface area contributed by atoms with Gasteiger partial charge in [0.15, 0.2) is 0 Å². The summed E-state index contributed by atoms with van der Waals surface area (Å²) in [6.07, 6.45) is 2.19. The number of aromatic nitrogens is 2. The van der Waals surface area contributed by atoms with Crippen LogP contribution in [0.3, 0.4) is 0 Å². The van der Waals surface area contributed by atoms with Gasteiger partial charge in [0.25, 0.3) is 0 Å². The number of nitrogens with one attached hydrogen (secondary N) is 2. The van der Waals surface area contributed by atoms with E-state index in [0.29, 0.717) is 12.1 Å². The van der Waals surface area contributed by atoms with Crippen molar-refractivity contribution in [1.82, 2.24) is 20.2 Å². The zero-order valence-electron chi connectivity index (χ0n) is 17.3. The number of carbonyl (C=O) groups is 2. The summed E-state index contributed by atoms with van der Waals surface area (Å²) in [5.74, 6) is -2.09. The number of hydrogen-bond acceptors (Lipinski definition) is 4. The number of ether oxygens (including phenoxy) is 1. The minimum atomic E-state index is -0.936. The van der Waals surface area contributed by atoms with Crippen molar-refractivity contribution in [2.24, 2.45) is 0 Å². The van der Waals surface area contributed by atoms with E-state index in [1.807, 2.05) is 30.3 Å². The molecular formula is C23H22F2N4O3. The Labute approximate surface area is 183 Å². The molecule has 0 spiro atoms. The molecule has 0 unspecified atom stereocenters. The smallest absolute Gasteiger partial charge is 0.328 e. The van der Waals surface area contributed by atoms with Crippen molar-refractivity contribution in [1.29, 1.82) is 0 Å². The molecular weight excluding hydrogens is 418 g/mol. The number of nitrogens with zero attached hydrogens (tertiary/aromatic N) is 2. The van der Waals surface area contributed by atoms with Gasteiger partial charge >= 0.3 is 12.0 Å². The van der Waals surface area contributed by atoms with E-state index in [4.69, 9.17) is 4.74 Å². The number of carbonyl (C=O) groups excluding carboxylic acids is 2. The van der Waals surface area contributed by atoms with Gasteiger partial charge < -0.3 is 19.9 Å². The third-order valence-corrected chi connectivity index (χ3v) is 5.51. The number of imidazole rings is 1. The molecule has 166 valence electrons. The van der Waals surface area contributed by atoms with Crippen molar-refractivity contribution in [2.75, 3.05) is 13.7 Å². The average molecular weight is 440 g/mol. The third-order valence-electron chi connectivity index (χ3n) is 5.51. The fourth-order valence-electron chi connectivity index (χ4n) is 3.95. The lowest BCUT2D eigenvalue weighted by atomic mass is 9.95. The van der Waals surface area contributed by atoms with Crippen molar-refractivity contribution in [2.45, 2.75) is 24.9 Å². The van der Waals surface area contributed by atoms with Gasteiger partial charge in [-0.1, -0.05) is 36.4 Å². The Morgan fingerprint density at radius 3 is 2.75 bits per heavy atom. The molecule has 0 radical (unpaired) electrons. The van der Waals surface area contributed by atoms with Crippen LogP contribution in [-0.4, -0.2) is 46.6 Å². The number of hydrogen-bond donors (Lipinski definition) is 2. The normalized spacial score (nSPS) is 16.2. The average Bonchev–Trinajstić information content (AvgIpc) is 3.27. The Kier molecular flexibility index (Phi) is 6.16. The Bertz CT molecular complexity index is 1120. The second kappa shape index (κ2) is 9.17. The number of methoxy groups -OCH3 is 1. The van der Waals surface area contributed by atoms with E-state index in [1.54, 1.807) is 0 Å². The fraction of sp³-hybridized carbons (Fsp3) is 0.261. The number of halogens is 2. The van der Waals surface area contributed by atoms with E-state index in [2.05, 4.69) is 15.3 Å². The Hall–Kier alpha value is -3.75. The van der Waals surface area contributed by atoms with Crippen LogP contribution in [0.1, 0.15) is 28.6 Å². The number of esters is 1. The first-order valence-corrected chi connectivity index (χ1v) is 10.1. The molecule has 7 nitrogen and oxygen atoms in total. The van der Waals surface area contributed by atoms with E-state index < -0.39 is 35.7 Å². The second-order valence-electron chi connectivity index (χ2n) is 7.49. The quantitative estimate of drug-likeness (QED) is 0.597. The lowest BCUT2D eigenvalue weighted by Gasteiger charge is -2.36. The predicted molar refractivity (Wildman–Crippen MR) is 112 cm³/mol. The maximum absolute atomic E-state index is 14.7. The van der Waals surface area contributed by atoms with Crippen LogP contribution in [0.25, 0.3) is 0 Å². The van der Waals surface area contributed by atoms with Gasteiger partial charge in [0, 0.05) is 36.7 Å². The maximum Gasteiger partial charge on any atom is 0.328 e. The van der Waals surface area contributed by atoms with E-state index in [1.165, 1.54) is 24.4 Å². The van der Waals surface area contributed by atoms with Crippen LogP contribution in [0.2, 0.25) is 0 Å². The molecule has 0 aliphatic carbocycles. The summed E-state index contributed by atoms with van der Waals surface area (Å²) in [7, 11) is 1.25. The van der Waals surface area contributed by atoms with Gasteiger partial charge in [-0.2, -0.15) is 0 Å². The lowest BCUT2D eigenvalue weighted by molar-refractivity contribution is -0.142. The summed E-state index contributed by atoms with van der Waals surface area (Å²) in [6, 6.07) is 10.1. The van der Waals surface area contributed by atoms with Crippen LogP contribution >= 0.6 is 0 Å². The summed E-state index contributed by atoms with van der Waals surface area (Å²) >= 11 is 0. The van der Waals surface area contributed by atoms with E-state index in [-0.39, 0.29) is 18.5 Å². The highest BCUT2D eigenvalue weighted by Crippen LogP contribution is 2.35. The number of amides is 2. The van der Waals surface area contributed by atoms with Crippen LogP contribution in [0.15, 0.2) is 54.9 Å². The highest BCUT2D eigenvalue weighted by Gasteiger charge is 2.37. The summed E-state index contributed by atoms with van der Waals surface area (Å²) in [6.45, 7) is 0.252. The van der Waals surface area contributed by atoms with Gasteiger partial charge in [0.1, 0.15) is 23.7 Å². The van der Waals surface area contributed by atoms with Crippen molar-refractivity contribution in [3.05, 3.63) is 89.0 Å². The number of rotatable bonds is 5. The molecule has 3 aromatic rings. The Morgan fingerprint density at radius 2 is 2.03 bits per heavy atom. The minimum absolute atomic E-state index is 0.118. The first kappa shape index (κ1) is 21.5. The highest BCUT2D eigenvalue weighted by atomic mass is 19.1. The summed E-state index contributed by atoms with van der Waals surface area (Å²) in [4.78, 5) is 34.3. The number of aromatic amines is 1. The molecule has 1 aliphatic rings. The van der Waals surface area contributed by atoms with Crippen molar-refractivity contribution in [3.8, 4) is 0 Å². The number of H-pyrrole nitrogens is 1. The summed E-state index contributed by atoms with van der Waals surface area (Å²) < 4.78 is 33.1. The highest BCUT2D eigenvalue weighted by molar-refractivity contribution is 5.84. The molecule has 1 aliphatic heterocycles. The van der Waals surface area contributed by atoms with Gasteiger partial charge in [-0.05, 0) is 11.6 Å². The van der Waals surface area contributed by atoms with Crippen LogP contribution in [-0.2, 0) is 22.4 Å². The molecule has 0 saturated heterocycles. The van der Waals surface area contributed by atoms with Gasteiger partial charge in [-0.15, -0.1) is 0 Å². The number of fused-ring (bicyclic) bond motifs is 1. The van der Waals surface area contributed by atoms with E-state index >= 15 is 0 Å². The fourth-order valence-corrected chi connectivity index (χ4v) is 3.95. The first-order chi connectivity index (χ1) is 15.5. The standard InChI is InChI=1S/C23H22F2N4O3/c1-32-22(30)19(11-14-5-3-2-4-6-14)28-23(31)29-10-9-18-20(27-13-26-18)21(29)16-8-7-15(24)12-17(16)25/h2-8,12-13,19,21H,9-11H2,1H3,(H,26,27)(H,28,31)/t19-,21-/m1/s1. The molecule has 2 amide bonds. The molecule has 9 heteroatoms. The molecule has 4 rings (SSSR count). The molecule has 0 bridgehead atoms. The summed E-state index contributed by atoms with van der Waals surface area (Å²) in [5, 5.41) is 2.72. The maximum atomic E-state index is 14.7. The number of benzene rings is 2. The number of urea groups is 1. The SMILES string of the molecule is COC(=O)[C@@H](Cc1ccccc1)NC(=O)N1CCc2[nH]cnc2[C@H]1c1ccc(F)cc1F. The molecule has 2 heterocycles. The van der Waals surface area contributed by atoms with E-state index in [9.17, 15) is 18.4 Å². The summed E-state index contributed by atoms with van der Waals surface area (Å²) in [5.41, 5.74) is 2.22. The molecule has 0 saturated carbocycles. The minimum Gasteiger partial charge on any atom is -0.467 e. The molecule has 2 aromatic carbocycles. The van der Waals surface area contributed by atoms with Gasteiger partial charge in [-0.3, -0.25) is 0 Å². The molecule has 2 atom stereocenters. The second-order valence-corrected chi connectivity index (χ2v) is 7.49. The molecule has 32 heavy (non-hydrogen) atoms. The molecule has 2 N–H and O–H groups in total. The zero-order valence-corrected chi connectivity index (χ0v) is 17.3. The van der Waals surface area contributed by atoms with Crippen LogP contribution < -0.4 is 5.32 Å². The third kappa shape index (κ3) is 4.32. The van der Waals surface area contributed by atoms with E-state index in [0.717, 1.165) is 23.4 Å².